The van der Waals surface area contributed by atoms with Gasteiger partial charge in [0.1, 0.15) is 5.69 Å². The Hall–Kier alpha value is -3.15. The number of amides is 2. The molecule has 6 heteroatoms. The second kappa shape index (κ2) is 7.61. The Kier molecular flexibility index (Phi) is 4.87. The monoisotopic (exact) mass is 361 g/mol. The molecule has 0 atom stereocenters. The Bertz CT molecular complexity index is 913. The maximum atomic E-state index is 12.5. The molecule has 1 saturated heterocycles. The third kappa shape index (κ3) is 3.84. The van der Waals surface area contributed by atoms with Crippen molar-refractivity contribution in [3.8, 4) is 11.3 Å². The van der Waals surface area contributed by atoms with Crippen molar-refractivity contribution in [2.45, 2.75) is 25.8 Å². The zero-order valence-corrected chi connectivity index (χ0v) is 15.4. The first-order valence-corrected chi connectivity index (χ1v) is 9.29. The molecule has 0 aliphatic carbocycles. The standard InChI is InChI=1S/C21H23N5O/c1-16-7-5-6-10-19(16)22-21(27)25-13-11-18(12-14-25)26-15-20(23-24-26)17-8-3-2-4-9-17/h2-10,15,18H,11-14H2,1H3,(H,22,27). The number of benzene rings is 2. The fourth-order valence-corrected chi connectivity index (χ4v) is 3.44. The first-order chi connectivity index (χ1) is 13.2. The van der Waals surface area contributed by atoms with Crippen LogP contribution in [0.25, 0.3) is 11.3 Å². The Balaban J connectivity index is 1.36. The molecule has 138 valence electrons. The van der Waals surface area contributed by atoms with Crippen molar-refractivity contribution in [1.82, 2.24) is 19.9 Å². The minimum atomic E-state index is -0.0358. The molecule has 6 nitrogen and oxygen atoms in total. The average Bonchev–Trinajstić information content (AvgIpc) is 3.21. The number of aromatic nitrogens is 3. The summed E-state index contributed by atoms with van der Waals surface area (Å²) in [5, 5.41) is 11.6. The molecular formula is C21H23N5O. The van der Waals surface area contributed by atoms with E-state index < -0.39 is 0 Å². The van der Waals surface area contributed by atoms with E-state index in [0.29, 0.717) is 13.1 Å². The SMILES string of the molecule is Cc1ccccc1NC(=O)N1CCC(n2cc(-c3ccccc3)nn2)CC1. The molecule has 1 aliphatic heterocycles. The lowest BCUT2D eigenvalue weighted by atomic mass is 10.1. The number of rotatable bonds is 3. The van der Waals surface area contributed by atoms with Crippen LogP contribution >= 0.6 is 0 Å². The number of piperidine rings is 1. The molecule has 0 bridgehead atoms. The molecule has 2 heterocycles. The Labute approximate surface area is 158 Å². The van der Waals surface area contributed by atoms with Crippen LogP contribution in [-0.4, -0.2) is 39.0 Å². The van der Waals surface area contributed by atoms with Gasteiger partial charge in [0.25, 0.3) is 0 Å². The molecular weight excluding hydrogens is 338 g/mol. The van der Waals surface area contributed by atoms with Crippen LogP contribution in [0.5, 0.6) is 0 Å². The number of carbonyl (C=O) groups is 1. The average molecular weight is 361 g/mol. The summed E-state index contributed by atoms with van der Waals surface area (Å²) in [7, 11) is 0. The van der Waals surface area contributed by atoms with E-state index in [0.717, 1.165) is 35.3 Å². The number of aryl methyl sites for hydroxylation is 1. The minimum absolute atomic E-state index is 0.0358. The number of urea groups is 1. The normalized spacial score (nSPS) is 14.9. The van der Waals surface area contributed by atoms with Crippen molar-refractivity contribution in [3.05, 3.63) is 66.4 Å². The van der Waals surface area contributed by atoms with E-state index >= 15 is 0 Å². The van der Waals surface area contributed by atoms with Crippen molar-refractivity contribution in [1.29, 1.82) is 0 Å². The van der Waals surface area contributed by atoms with Crippen LogP contribution in [0.1, 0.15) is 24.4 Å². The lowest BCUT2D eigenvalue weighted by molar-refractivity contribution is 0.179. The first kappa shape index (κ1) is 17.3. The zero-order valence-electron chi connectivity index (χ0n) is 15.4. The molecule has 1 N–H and O–H groups in total. The minimum Gasteiger partial charge on any atom is -0.324 e. The summed E-state index contributed by atoms with van der Waals surface area (Å²) in [5.74, 6) is 0. The number of nitrogens with zero attached hydrogens (tertiary/aromatic N) is 4. The highest BCUT2D eigenvalue weighted by molar-refractivity contribution is 5.90. The summed E-state index contributed by atoms with van der Waals surface area (Å²) in [6.07, 6.45) is 3.75. The van der Waals surface area contributed by atoms with Gasteiger partial charge in [-0.2, -0.15) is 0 Å². The van der Waals surface area contributed by atoms with Gasteiger partial charge in [0.15, 0.2) is 0 Å². The van der Waals surface area contributed by atoms with Crippen molar-refractivity contribution in [2.24, 2.45) is 0 Å². The lowest BCUT2D eigenvalue weighted by Crippen LogP contribution is -2.41. The van der Waals surface area contributed by atoms with Crippen LogP contribution in [0, 0.1) is 6.92 Å². The van der Waals surface area contributed by atoms with Gasteiger partial charge in [-0.1, -0.05) is 53.7 Å². The maximum Gasteiger partial charge on any atom is 0.321 e. The predicted octanol–water partition coefficient (Wildman–Crippen LogP) is 4.12. The van der Waals surface area contributed by atoms with E-state index in [9.17, 15) is 4.79 Å². The molecule has 1 fully saturated rings. The molecule has 3 aromatic rings. The van der Waals surface area contributed by atoms with Crippen LogP contribution in [0.2, 0.25) is 0 Å². The molecule has 27 heavy (non-hydrogen) atoms. The van der Waals surface area contributed by atoms with Gasteiger partial charge in [-0.25, -0.2) is 9.48 Å². The van der Waals surface area contributed by atoms with Gasteiger partial charge in [-0.15, -0.1) is 5.10 Å². The second-order valence-electron chi connectivity index (χ2n) is 6.91. The summed E-state index contributed by atoms with van der Waals surface area (Å²) >= 11 is 0. The zero-order chi connectivity index (χ0) is 18.6. The molecule has 0 spiro atoms. The third-order valence-corrected chi connectivity index (χ3v) is 5.09. The van der Waals surface area contributed by atoms with E-state index in [1.54, 1.807) is 0 Å². The van der Waals surface area contributed by atoms with E-state index in [4.69, 9.17) is 0 Å². The maximum absolute atomic E-state index is 12.5. The Morgan fingerprint density at radius 1 is 1.04 bits per heavy atom. The van der Waals surface area contributed by atoms with Crippen molar-refractivity contribution in [3.63, 3.8) is 0 Å². The van der Waals surface area contributed by atoms with Crippen molar-refractivity contribution < 1.29 is 4.79 Å². The van der Waals surface area contributed by atoms with Gasteiger partial charge in [0.05, 0.1) is 12.2 Å². The third-order valence-electron chi connectivity index (χ3n) is 5.09. The number of hydrogen-bond acceptors (Lipinski definition) is 3. The quantitative estimate of drug-likeness (QED) is 0.763. The largest absolute Gasteiger partial charge is 0.324 e. The van der Waals surface area contributed by atoms with Crippen molar-refractivity contribution in [2.75, 3.05) is 18.4 Å². The summed E-state index contributed by atoms with van der Waals surface area (Å²) < 4.78 is 1.94. The van der Waals surface area contributed by atoms with Gasteiger partial charge in [-0.05, 0) is 31.4 Å². The van der Waals surface area contributed by atoms with E-state index in [2.05, 4.69) is 15.6 Å². The second-order valence-corrected chi connectivity index (χ2v) is 6.91. The van der Waals surface area contributed by atoms with Gasteiger partial charge >= 0.3 is 6.03 Å². The van der Waals surface area contributed by atoms with Crippen LogP contribution in [0.3, 0.4) is 0 Å². The van der Waals surface area contributed by atoms with E-state index in [-0.39, 0.29) is 12.1 Å². The van der Waals surface area contributed by atoms with E-state index in [1.165, 1.54) is 0 Å². The smallest absolute Gasteiger partial charge is 0.321 e. The molecule has 2 amide bonds. The van der Waals surface area contributed by atoms with Crippen LogP contribution in [0.15, 0.2) is 60.8 Å². The molecule has 0 saturated carbocycles. The highest BCUT2D eigenvalue weighted by Crippen LogP contribution is 2.25. The van der Waals surface area contributed by atoms with Gasteiger partial charge in [-0.3, -0.25) is 0 Å². The fraction of sp³-hybridized carbons (Fsp3) is 0.286. The highest BCUT2D eigenvalue weighted by Gasteiger charge is 2.25. The fourth-order valence-electron chi connectivity index (χ4n) is 3.44. The Morgan fingerprint density at radius 3 is 2.48 bits per heavy atom. The van der Waals surface area contributed by atoms with Gasteiger partial charge < -0.3 is 10.2 Å². The number of para-hydroxylation sites is 1. The molecule has 0 unspecified atom stereocenters. The number of carbonyl (C=O) groups excluding carboxylic acids is 1. The number of likely N-dealkylation sites (tertiary alicyclic amines) is 1. The van der Waals surface area contributed by atoms with Crippen LogP contribution in [-0.2, 0) is 0 Å². The predicted molar refractivity (Wildman–Crippen MR) is 105 cm³/mol. The van der Waals surface area contributed by atoms with E-state index in [1.807, 2.05) is 77.3 Å². The molecule has 1 aliphatic rings. The van der Waals surface area contributed by atoms with Gasteiger partial charge in [0, 0.05) is 24.3 Å². The summed E-state index contributed by atoms with van der Waals surface area (Å²) in [5.41, 5.74) is 3.89. The van der Waals surface area contributed by atoms with Crippen molar-refractivity contribution >= 4 is 11.7 Å². The number of anilines is 1. The molecule has 2 aromatic carbocycles. The topological polar surface area (TPSA) is 63.1 Å². The summed E-state index contributed by atoms with van der Waals surface area (Å²) in [6.45, 7) is 3.42. The molecule has 4 rings (SSSR count). The summed E-state index contributed by atoms with van der Waals surface area (Å²) in [4.78, 5) is 14.4. The number of hydrogen-bond donors (Lipinski definition) is 1. The number of nitrogens with one attached hydrogen (secondary N) is 1. The van der Waals surface area contributed by atoms with Crippen LogP contribution in [0.4, 0.5) is 10.5 Å². The molecule has 1 aromatic heterocycles. The first-order valence-electron chi connectivity index (χ1n) is 9.29. The summed E-state index contributed by atoms with van der Waals surface area (Å²) in [6, 6.07) is 18.1. The highest BCUT2D eigenvalue weighted by atomic mass is 16.2. The lowest BCUT2D eigenvalue weighted by Gasteiger charge is -2.32. The molecule has 0 radical (unpaired) electrons. The Morgan fingerprint density at radius 2 is 1.74 bits per heavy atom. The van der Waals surface area contributed by atoms with Gasteiger partial charge in [0.2, 0.25) is 0 Å². The van der Waals surface area contributed by atoms with Crippen LogP contribution < -0.4 is 5.32 Å².